The molecule has 1 aromatic heterocycles. The molecule has 5 nitrogen and oxygen atoms in total. The van der Waals surface area contributed by atoms with Crippen molar-refractivity contribution >= 4 is 22.5 Å². The molecule has 0 saturated carbocycles. The maximum absolute atomic E-state index is 12.9. The van der Waals surface area contributed by atoms with Crippen LogP contribution in [0.5, 0.6) is 5.75 Å². The van der Waals surface area contributed by atoms with Gasteiger partial charge in [0.1, 0.15) is 11.4 Å². The first-order valence-corrected chi connectivity index (χ1v) is 9.03. The lowest BCUT2D eigenvalue weighted by Gasteiger charge is -2.13. The van der Waals surface area contributed by atoms with E-state index in [4.69, 9.17) is 10.5 Å². The molecule has 0 fully saturated rings. The lowest BCUT2D eigenvalue weighted by Crippen LogP contribution is -2.26. The number of para-hydroxylation sites is 2. The van der Waals surface area contributed by atoms with Gasteiger partial charge in [-0.25, -0.2) is 0 Å². The van der Waals surface area contributed by atoms with Crippen LogP contribution < -0.4 is 15.8 Å². The molecule has 2 aromatic carbocycles. The third-order valence-corrected chi connectivity index (χ3v) is 4.38. The van der Waals surface area contributed by atoms with Crippen molar-refractivity contribution in [2.75, 3.05) is 12.3 Å². The molecule has 0 bridgehead atoms. The molecule has 26 heavy (non-hydrogen) atoms. The van der Waals surface area contributed by atoms with Crippen molar-refractivity contribution < 1.29 is 9.53 Å². The van der Waals surface area contributed by atoms with Crippen LogP contribution >= 0.6 is 0 Å². The highest BCUT2D eigenvalue weighted by atomic mass is 16.5. The maximum Gasteiger partial charge on any atom is 0.270 e. The Kier molecular flexibility index (Phi) is 5.46. The zero-order chi connectivity index (χ0) is 18.5. The summed E-state index contributed by atoms with van der Waals surface area (Å²) in [5.41, 5.74) is 9.31. The molecule has 0 atom stereocenters. The van der Waals surface area contributed by atoms with Crippen molar-refractivity contribution in [3.8, 4) is 5.75 Å². The molecule has 0 spiro atoms. The van der Waals surface area contributed by atoms with Crippen LogP contribution in [0.4, 0.5) is 5.69 Å². The molecule has 3 rings (SSSR count). The molecule has 5 heteroatoms. The van der Waals surface area contributed by atoms with Crippen LogP contribution in [0.25, 0.3) is 10.9 Å². The van der Waals surface area contributed by atoms with E-state index in [2.05, 4.69) is 12.2 Å². The molecule has 0 aliphatic rings. The molecule has 0 unspecified atom stereocenters. The fourth-order valence-corrected chi connectivity index (χ4v) is 3.24. The number of hydrogen-bond acceptors (Lipinski definition) is 3. The van der Waals surface area contributed by atoms with E-state index in [1.54, 1.807) is 0 Å². The van der Waals surface area contributed by atoms with E-state index in [1.165, 1.54) is 0 Å². The number of fused-ring (bicyclic) bond motifs is 1. The van der Waals surface area contributed by atoms with Gasteiger partial charge in [-0.3, -0.25) is 4.79 Å². The molecule has 0 saturated heterocycles. The average molecular weight is 351 g/mol. The van der Waals surface area contributed by atoms with Crippen molar-refractivity contribution in [3.63, 3.8) is 0 Å². The van der Waals surface area contributed by atoms with E-state index < -0.39 is 0 Å². The number of carbonyl (C=O) groups excluding carboxylic acids is 1. The molecule has 3 N–H and O–H groups in total. The minimum atomic E-state index is -0.168. The molecular formula is C21H25N3O2. The van der Waals surface area contributed by atoms with Crippen LogP contribution in [0.1, 0.15) is 36.3 Å². The topological polar surface area (TPSA) is 69.3 Å². The zero-order valence-corrected chi connectivity index (χ0v) is 15.3. The summed E-state index contributed by atoms with van der Waals surface area (Å²) in [5, 5.41) is 3.91. The third kappa shape index (κ3) is 3.38. The van der Waals surface area contributed by atoms with E-state index in [-0.39, 0.29) is 5.91 Å². The second-order valence-electron chi connectivity index (χ2n) is 6.15. The fourth-order valence-electron chi connectivity index (χ4n) is 3.24. The number of benzene rings is 2. The molecular weight excluding hydrogens is 326 g/mol. The van der Waals surface area contributed by atoms with Crippen LogP contribution in [0.15, 0.2) is 48.5 Å². The van der Waals surface area contributed by atoms with Gasteiger partial charge in [-0.1, -0.05) is 43.3 Å². The Bertz CT molecular complexity index is 915. The number of amides is 1. The Hall–Kier alpha value is -2.95. The second-order valence-corrected chi connectivity index (χ2v) is 6.15. The van der Waals surface area contributed by atoms with E-state index in [0.29, 0.717) is 24.5 Å². The average Bonchev–Trinajstić information content (AvgIpc) is 2.94. The van der Waals surface area contributed by atoms with Crippen LogP contribution in [-0.2, 0) is 13.1 Å². The van der Waals surface area contributed by atoms with Gasteiger partial charge in [-0.2, -0.15) is 0 Å². The molecule has 3 aromatic rings. The highest BCUT2D eigenvalue weighted by molar-refractivity contribution is 6.08. The summed E-state index contributed by atoms with van der Waals surface area (Å²) < 4.78 is 7.64. The summed E-state index contributed by atoms with van der Waals surface area (Å²) in [7, 11) is 0. The fraction of sp³-hybridized carbons (Fsp3) is 0.286. The van der Waals surface area contributed by atoms with Gasteiger partial charge in [0.2, 0.25) is 0 Å². The van der Waals surface area contributed by atoms with Crippen LogP contribution in [0.2, 0.25) is 0 Å². The number of rotatable bonds is 7. The second kappa shape index (κ2) is 7.95. The first-order valence-electron chi connectivity index (χ1n) is 9.03. The number of nitrogens with two attached hydrogens (primary N) is 1. The molecule has 1 amide bonds. The number of carbonyl (C=O) groups is 1. The van der Waals surface area contributed by atoms with Crippen molar-refractivity contribution in [1.82, 2.24) is 9.88 Å². The quantitative estimate of drug-likeness (QED) is 0.677. The molecule has 136 valence electrons. The maximum atomic E-state index is 12.9. The van der Waals surface area contributed by atoms with Gasteiger partial charge < -0.3 is 20.4 Å². The van der Waals surface area contributed by atoms with Gasteiger partial charge in [0.05, 0.1) is 17.8 Å². The monoisotopic (exact) mass is 351 g/mol. The smallest absolute Gasteiger partial charge is 0.270 e. The summed E-state index contributed by atoms with van der Waals surface area (Å²) in [5.74, 6) is 0.621. The van der Waals surface area contributed by atoms with Crippen LogP contribution in [0.3, 0.4) is 0 Å². The van der Waals surface area contributed by atoms with Gasteiger partial charge in [-0.05, 0) is 25.5 Å². The van der Waals surface area contributed by atoms with Gasteiger partial charge in [0.15, 0.2) is 0 Å². The molecule has 1 heterocycles. The largest absolute Gasteiger partial charge is 0.494 e. The molecule has 0 aliphatic heterocycles. The number of aromatic nitrogens is 1. The summed E-state index contributed by atoms with van der Waals surface area (Å²) in [4.78, 5) is 12.9. The van der Waals surface area contributed by atoms with E-state index in [0.717, 1.165) is 35.2 Å². The normalized spacial score (nSPS) is 10.8. The SMILES string of the molecule is CCCn1c(C(=O)NCc2ccccc2OCC)c(N)c2ccccc21. The number of anilines is 1. The third-order valence-electron chi connectivity index (χ3n) is 4.38. The van der Waals surface area contributed by atoms with Crippen molar-refractivity contribution in [3.05, 3.63) is 59.8 Å². The van der Waals surface area contributed by atoms with E-state index in [1.807, 2.05) is 60.0 Å². The lowest BCUT2D eigenvalue weighted by molar-refractivity contribution is 0.0942. The molecule has 0 aliphatic carbocycles. The van der Waals surface area contributed by atoms with E-state index >= 15 is 0 Å². The highest BCUT2D eigenvalue weighted by Gasteiger charge is 2.20. The number of nitrogens with one attached hydrogen (secondary N) is 1. The predicted molar refractivity (Wildman–Crippen MR) is 105 cm³/mol. The predicted octanol–water partition coefficient (Wildman–Crippen LogP) is 3.96. The Morgan fingerprint density at radius 2 is 1.85 bits per heavy atom. The van der Waals surface area contributed by atoms with Crippen LogP contribution in [-0.4, -0.2) is 17.1 Å². The Morgan fingerprint density at radius 3 is 2.62 bits per heavy atom. The van der Waals surface area contributed by atoms with Gasteiger partial charge in [-0.15, -0.1) is 0 Å². The van der Waals surface area contributed by atoms with Crippen molar-refractivity contribution in [1.29, 1.82) is 0 Å². The number of nitrogen functional groups attached to an aromatic ring is 1. The Labute approximate surface area is 153 Å². The van der Waals surface area contributed by atoms with Crippen molar-refractivity contribution in [2.45, 2.75) is 33.4 Å². The standard InChI is InChI=1S/C21H25N3O2/c1-3-13-24-17-11-7-6-10-16(17)19(22)20(24)21(25)23-14-15-9-5-8-12-18(15)26-4-2/h5-12H,3-4,13-14,22H2,1-2H3,(H,23,25). The number of ether oxygens (including phenoxy) is 1. The summed E-state index contributed by atoms with van der Waals surface area (Å²) in [6, 6.07) is 15.6. The van der Waals surface area contributed by atoms with Crippen LogP contribution in [0, 0.1) is 0 Å². The number of aryl methyl sites for hydroxylation is 1. The van der Waals surface area contributed by atoms with Gasteiger partial charge in [0.25, 0.3) is 5.91 Å². The Morgan fingerprint density at radius 1 is 1.12 bits per heavy atom. The first-order chi connectivity index (χ1) is 12.7. The van der Waals surface area contributed by atoms with Crippen molar-refractivity contribution in [2.24, 2.45) is 0 Å². The van der Waals surface area contributed by atoms with E-state index in [9.17, 15) is 4.79 Å². The lowest BCUT2D eigenvalue weighted by atomic mass is 10.2. The zero-order valence-electron chi connectivity index (χ0n) is 15.3. The first kappa shape index (κ1) is 17.9. The minimum Gasteiger partial charge on any atom is -0.494 e. The van der Waals surface area contributed by atoms with Gasteiger partial charge in [0, 0.05) is 24.0 Å². The Balaban J connectivity index is 1.89. The molecule has 0 radical (unpaired) electrons. The minimum absolute atomic E-state index is 0.168. The van der Waals surface area contributed by atoms with Gasteiger partial charge >= 0.3 is 0 Å². The summed E-state index contributed by atoms with van der Waals surface area (Å²) in [6.07, 6.45) is 0.922. The number of hydrogen-bond donors (Lipinski definition) is 2. The number of nitrogens with zero attached hydrogens (tertiary/aromatic N) is 1. The highest BCUT2D eigenvalue weighted by Crippen LogP contribution is 2.29. The summed E-state index contributed by atoms with van der Waals surface area (Å²) >= 11 is 0. The summed E-state index contributed by atoms with van der Waals surface area (Å²) in [6.45, 7) is 5.75.